The van der Waals surface area contributed by atoms with Crippen molar-refractivity contribution < 1.29 is 4.74 Å². The summed E-state index contributed by atoms with van der Waals surface area (Å²) in [6, 6.07) is 0. The van der Waals surface area contributed by atoms with Crippen molar-refractivity contribution in [3.63, 3.8) is 0 Å². The van der Waals surface area contributed by atoms with Crippen molar-refractivity contribution in [2.24, 2.45) is 5.92 Å². The summed E-state index contributed by atoms with van der Waals surface area (Å²) in [5.41, 5.74) is 0. The van der Waals surface area contributed by atoms with Crippen molar-refractivity contribution in [1.29, 1.82) is 0 Å². The van der Waals surface area contributed by atoms with Gasteiger partial charge in [0.15, 0.2) is 0 Å². The zero-order chi connectivity index (χ0) is 8.97. The monoisotopic (exact) mass is 171 g/mol. The molecule has 0 N–H and O–H groups in total. The molecule has 0 amide bonds. The molecule has 12 heavy (non-hydrogen) atoms. The quantitative estimate of drug-likeness (QED) is 0.627. The second-order valence-electron chi connectivity index (χ2n) is 4.19. The van der Waals surface area contributed by atoms with Gasteiger partial charge in [0.2, 0.25) is 0 Å². The summed E-state index contributed by atoms with van der Waals surface area (Å²) in [7, 11) is 0. The first kappa shape index (κ1) is 10.0. The lowest BCUT2D eigenvalue weighted by Crippen LogP contribution is -2.33. The molecule has 0 saturated carbocycles. The lowest BCUT2D eigenvalue weighted by molar-refractivity contribution is 0.0662. The van der Waals surface area contributed by atoms with Gasteiger partial charge in [0.1, 0.15) is 0 Å². The van der Waals surface area contributed by atoms with Crippen LogP contribution in [0, 0.1) is 5.92 Å². The largest absolute Gasteiger partial charge is 0.377 e. The smallest absolute Gasteiger partial charge is 0.0673 e. The molecule has 0 aliphatic carbocycles. The average molecular weight is 171 g/mol. The third-order valence-corrected chi connectivity index (χ3v) is 2.16. The van der Waals surface area contributed by atoms with Crippen LogP contribution in [0.15, 0.2) is 0 Å². The standard InChI is InChI=1S/C10H21NO/c1-9(2)7-11-5-4-6-12-10(3)8-11/h9-10H,4-8H2,1-3H3. The summed E-state index contributed by atoms with van der Waals surface area (Å²) in [4.78, 5) is 2.52. The van der Waals surface area contributed by atoms with Gasteiger partial charge in [0.05, 0.1) is 6.10 Å². The van der Waals surface area contributed by atoms with Gasteiger partial charge in [-0.25, -0.2) is 0 Å². The Kier molecular flexibility index (Phi) is 4.02. The molecule has 1 heterocycles. The second-order valence-corrected chi connectivity index (χ2v) is 4.19. The van der Waals surface area contributed by atoms with E-state index in [4.69, 9.17) is 4.74 Å². The van der Waals surface area contributed by atoms with Gasteiger partial charge >= 0.3 is 0 Å². The van der Waals surface area contributed by atoms with Crippen molar-refractivity contribution in [2.45, 2.75) is 33.3 Å². The predicted molar refractivity (Wildman–Crippen MR) is 51.3 cm³/mol. The topological polar surface area (TPSA) is 12.5 Å². The highest BCUT2D eigenvalue weighted by molar-refractivity contribution is 4.67. The lowest BCUT2D eigenvalue weighted by Gasteiger charge is -2.23. The molecular formula is C10H21NO. The van der Waals surface area contributed by atoms with E-state index in [1.165, 1.54) is 19.5 Å². The second kappa shape index (κ2) is 4.83. The molecule has 1 fully saturated rings. The molecule has 2 nitrogen and oxygen atoms in total. The molecule has 1 unspecified atom stereocenters. The Morgan fingerprint density at radius 2 is 2.25 bits per heavy atom. The fourth-order valence-electron chi connectivity index (χ4n) is 1.76. The van der Waals surface area contributed by atoms with Crippen molar-refractivity contribution >= 4 is 0 Å². The van der Waals surface area contributed by atoms with Crippen molar-refractivity contribution in [3.05, 3.63) is 0 Å². The molecule has 0 radical (unpaired) electrons. The maximum atomic E-state index is 5.57. The number of rotatable bonds is 2. The Balaban J connectivity index is 2.31. The normalized spacial score (nSPS) is 27.5. The SMILES string of the molecule is CC(C)CN1CCCOC(C)C1. The highest BCUT2D eigenvalue weighted by Gasteiger charge is 2.14. The molecule has 1 aliphatic heterocycles. The first-order chi connectivity index (χ1) is 5.68. The molecule has 72 valence electrons. The Hall–Kier alpha value is -0.0800. The molecule has 0 aromatic carbocycles. The van der Waals surface area contributed by atoms with Crippen LogP contribution < -0.4 is 0 Å². The van der Waals surface area contributed by atoms with Gasteiger partial charge in [0, 0.05) is 26.2 Å². The molecule has 2 heteroatoms. The zero-order valence-electron chi connectivity index (χ0n) is 8.55. The van der Waals surface area contributed by atoms with E-state index in [-0.39, 0.29) is 0 Å². The third-order valence-electron chi connectivity index (χ3n) is 2.16. The van der Waals surface area contributed by atoms with E-state index in [0.717, 1.165) is 19.1 Å². The number of ether oxygens (including phenoxy) is 1. The van der Waals surface area contributed by atoms with Gasteiger partial charge in [-0.1, -0.05) is 13.8 Å². The van der Waals surface area contributed by atoms with Crippen molar-refractivity contribution in [2.75, 3.05) is 26.2 Å². The minimum atomic E-state index is 0.422. The Morgan fingerprint density at radius 1 is 1.50 bits per heavy atom. The molecule has 0 aromatic rings. The van der Waals surface area contributed by atoms with Gasteiger partial charge in [-0.2, -0.15) is 0 Å². The summed E-state index contributed by atoms with van der Waals surface area (Å²) in [6.07, 6.45) is 1.61. The summed E-state index contributed by atoms with van der Waals surface area (Å²) in [5.74, 6) is 0.773. The molecule has 1 rings (SSSR count). The minimum Gasteiger partial charge on any atom is -0.377 e. The van der Waals surface area contributed by atoms with E-state index < -0.39 is 0 Å². The fourth-order valence-corrected chi connectivity index (χ4v) is 1.76. The number of hydrogen-bond donors (Lipinski definition) is 0. The third kappa shape index (κ3) is 3.55. The Labute approximate surface area is 75.9 Å². The van der Waals surface area contributed by atoms with Gasteiger partial charge in [-0.05, 0) is 19.3 Å². The molecular weight excluding hydrogens is 150 g/mol. The minimum absolute atomic E-state index is 0.422. The van der Waals surface area contributed by atoms with Crippen LogP contribution in [0.25, 0.3) is 0 Å². The average Bonchev–Trinajstić information content (AvgIpc) is 2.12. The summed E-state index contributed by atoms with van der Waals surface area (Å²) in [6.45, 7) is 11.2. The van der Waals surface area contributed by atoms with Crippen LogP contribution in [-0.4, -0.2) is 37.2 Å². The van der Waals surface area contributed by atoms with E-state index in [1.807, 2.05) is 0 Å². The van der Waals surface area contributed by atoms with Crippen LogP contribution in [0.2, 0.25) is 0 Å². The first-order valence-corrected chi connectivity index (χ1v) is 5.02. The van der Waals surface area contributed by atoms with Gasteiger partial charge in [-0.3, -0.25) is 0 Å². The molecule has 1 aliphatic rings. The summed E-state index contributed by atoms with van der Waals surface area (Å²) >= 11 is 0. The van der Waals surface area contributed by atoms with E-state index in [1.54, 1.807) is 0 Å². The molecule has 1 saturated heterocycles. The van der Waals surface area contributed by atoms with Gasteiger partial charge < -0.3 is 9.64 Å². The summed E-state index contributed by atoms with van der Waals surface area (Å²) in [5, 5.41) is 0. The molecule has 0 spiro atoms. The summed E-state index contributed by atoms with van der Waals surface area (Å²) < 4.78 is 5.57. The van der Waals surface area contributed by atoms with Crippen LogP contribution in [0.3, 0.4) is 0 Å². The maximum absolute atomic E-state index is 5.57. The van der Waals surface area contributed by atoms with Crippen molar-refractivity contribution in [3.8, 4) is 0 Å². The van der Waals surface area contributed by atoms with Gasteiger partial charge in [0.25, 0.3) is 0 Å². The van der Waals surface area contributed by atoms with Crippen LogP contribution >= 0.6 is 0 Å². The van der Waals surface area contributed by atoms with E-state index in [9.17, 15) is 0 Å². The highest BCUT2D eigenvalue weighted by atomic mass is 16.5. The molecule has 0 bridgehead atoms. The Bertz CT molecular complexity index is 125. The molecule has 1 atom stereocenters. The van der Waals surface area contributed by atoms with Crippen LogP contribution in [0.4, 0.5) is 0 Å². The van der Waals surface area contributed by atoms with E-state index >= 15 is 0 Å². The van der Waals surface area contributed by atoms with Crippen LogP contribution in [0.5, 0.6) is 0 Å². The van der Waals surface area contributed by atoms with E-state index in [0.29, 0.717) is 6.10 Å². The van der Waals surface area contributed by atoms with Crippen LogP contribution in [0.1, 0.15) is 27.2 Å². The lowest BCUT2D eigenvalue weighted by atomic mass is 10.2. The number of nitrogens with zero attached hydrogens (tertiary/aromatic N) is 1. The highest BCUT2D eigenvalue weighted by Crippen LogP contribution is 2.07. The Morgan fingerprint density at radius 3 is 2.92 bits per heavy atom. The van der Waals surface area contributed by atoms with Gasteiger partial charge in [-0.15, -0.1) is 0 Å². The maximum Gasteiger partial charge on any atom is 0.0673 e. The zero-order valence-corrected chi connectivity index (χ0v) is 8.55. The molecule has 0 aromatic heterocycles. The van der Waals surface area contributed by atoms with Crippen molar-refractivity contribution in [1.82, 2.24) is 4.90 Å². The first-order valence-electron chi connectivity index (χ1n) is 5.02. The fraction of sp³-hybridized carbons (Fsp3) is 1.00. The predicted octanol–water partition coefficient (Wildman–Crippen LogP) is 1.75. The number of hydrogen-bond acceptors (Lipinski definition) is 2. The van der Waals surface area contributed by atoms with E-state index in [2.05, 4.69) is 25.7 Å². The van der Waals surface area contributed by atoms with Crippen LogP contribution in [-0.2, 0) is 4.74 Å².